The first-order valence-corrected chi connectivity index (χ1v) is 8.58. The van der Waals surface area contributed by atoms with E-state index in [1.54, 1.807) is 11.1 Å². The van der Waals surface area contributed by atoms with Gasteiger partial charge in [0.2, 0.25) is 0 Å². The lowest BCUT2D eigenvalue weighted by Gasteiger charge is -2.28. The maximum atomic E-state index is 12.7. The Labute approximate surface area is 152 Å². The molecule has 3 aromatic rings. The standard InChI is InChI=1S/C20H20N4O2/c1-15-7-8-18(26-16-5-3-2-4-6-16)17(13-15)22-20(25)24-12-11-23-10-9-21-19(23)14-24/h2-10,13H,11-12,14H2,1H3,(H,22,25). The highest BCUT2D eigenvalue weighted by atomic mass is 16.5. The van der Waals surface area contributed by atoms with Crippen LogP contribution in [0.1, 0.15) is 11.4 Å². The Hall–Kier alpha value is -3.28. The van der Waals surface area contributed by atoms with Crippen molar-refractivity contribution in [2.45, 2.75) is 20.0 Å². The number of fused-ring (bicyclic) bond motifs is 1. The van der Waals surface area contributed by atoms with E-state index < -0.39 is 0 Å². The van der Waals surface area contributed by atoms with Gasteiger partial charge in [0.25, 0.3) is 0 Å². The van der Waals surface area contributed by atoms with Crippen LogP contribution in [0.5, 0.6) is 11.5 Å². The SMILES string of the molecule is Cc1ccc(Oc2ccccc2)c(NC(=O)N2CCn3ccnc3C2)c1. The lowest BCUT2D eigenvalue weighted by molar-refractivity contribution is 0.195. The minimum atomic E-state index is -0.150. The molecule has 2 amide bonds. The smallest absolute Gasteiger partial charge is 0.322 e. The number of nitrogens with zero attached hydrogens (tertiary/aromatic N) is 3. The van der Waals surface area contributed by atoms with E-state index in [1.165, 1.54) is 0 Å². The third kappa shape index (κ3) is 3.39. The molecule has 4 rings (SSSR count). The molecule has 2 aromatic carbocycles. The van der Waals surface area contributed by atoms with Crippen molar-refractivity contribution in [3.8, 4) is 11.5 Å². The number of nitrogens with one attached hydrogen (secondary N) is 1. The van der Waals surface area contributed by atoms with Crippen LogP contribution in [0, 0.1) is 6.92 Å². The van der Waals surface area contributed by atoms with Gasteiger partial charge in [0.15, 0.2) is 5.75 Å². The van der Waals surface area contributed by atoms with E-state index in [1.807, 2.05) is 61.7 Å². The summed E-state index contributed by atoms with van der Waals surface area (Å²) in [6.45, 7) is 3.89. The van der Waals surface area contributed by atoms with Gasteiger partial charge in [-0.25, -0.2) is 9.78 Å². The number of hydrogen-bond donors (Lipinski definition) is 1. The topological polar surface area (TPSA) is 59.4 Å². The zero-order valence-corrected chi connectivity index (χ0v) is 14.6. The van der Waals surface area contributed by atoms with Crippen LogP contribution in [0.25, 0.3) is 0 Å². The molecule has 132 valence electrons. The molecule has 6 heteroatoms. The quantitative estimate of drug-likeness (QED) is 0.777. The number of para-hydroxylation sites is 1. The Morgan fingerprint density at radius 3 is 2.85 bits per heavy atom. The maximum Gasteiger partial charge on any atom is 0.322 e. The largest absolute Gasteiger partial charge is 0.455 e. The van der Waals surface area contributed by atoms with Crippen molar-refractivity contribution in [2.75, 3.05) is 11.9 Å². The second kappa shape index (κ2) is 6.92. The second-order valence-corrected chi connectivity index (χ2v) is 6.30. The summed E-state index contributed by atoms with van der Waals surface area (Å²) in [5, 5.41) is 2.99. The number of carbonyl (C=O) groups is 1. The van der Waals surface area contributed by atoms with Crippen molar-refractivity contribution < 1.29 is 9.53 Å². The first-order chi connectivity index (χ1) is 12.7. The fourth-order valence-electron chi connectivity index (χ4n) is 2.99. The maximum absolute atomic E-state index is 12.7. The zero-order valence-electron chi connectivity index (χ0n) is 14.6. The van der Waals surface area contributed by atoms with E-state index in [2.05, 4.69) is 14.9 Å². The van der Waals surface area contributed by atoms with Gasteiger partial charge in [-0.05, 0) is 36.8 Å². The van der Waals surface area contributed by atoms with Gasteiger partial charge in [-0.1, -0.05) is 24.3 Å². The number of ether oxygens (including phenoxy) is 1. The van der Waals surface area contributed by atoms with Crippen LogP contribution < -0.4 is 10.1 Å². The molecule has 0 radical (unpaired) electrons. The Morgan fingerprint density at radius 1 is 1.15 bits per heavy atom. The summed E-state index contributed by atoms with van der Waals surface area (Å²) in [5.74, 6) is 2.25. The molecule has 0 aliphatic carbocycles. The summed E-state index contributed by atoms with van der Waals surface area (Å²) in [5.41, 5.74) is 1.71. The van der Waals surface area contributed by atoms with Gasteiger partial charge in [-0.3, -0.25) is 0 Å². The van der Waals surface area contributed by atoms with E-state index >= 15 is 0 Å². The predicted molar refractivity (Wildman–Crippen MR) is 99.4 cm³/mol. The number of anilines is 1. The molecule has 1 aliphatic rings. The number of imidazole rings is 1. The fourth-order valence-corrected chi connectivity index (χ4v) is 2.99. The van der Waals surface area contributed by atoms with Crippen LogP contribution in [0.4, 0.5) is 10.5 Å². The Morgan fingerprint density at radius 2 is 2.00 bits per heavy atom. The molecular formula is C20H20N4O2. The minimum Gasteiger partial charge on any atom is -0.455 e. The van der Waals surface area contributed by atoms with Crippen molar-refractivity contribution in [1.82, 2.24) is 14.5 Å². The number of rotatable bonds is 3. The van der Waals surface area contributed by atoms with Crippen LogP contribution in [0.2, 0.25) is 0 Å². The third-order valence-corrected chi connectivity index (χ3v) is 4.38. The predicted octanol–water partition coefficient (Wildman–Crippen LogP) is 4.03. The summed E-state index contributed by atoms with van der Waals surface area (Å²) < 4.78 is 8.02. The van der Waals surface area contributed by atoms with Crippen molar-refractivity contribution >= 4 is 11.7 Å². The molecule has 0 atom stereocenters. The van der Waals surface area contributed by atoms with Gasteiger partial charge < -0.3 is 19.5 Å². The molecule has 1 N–H and O–H groups in total. The molecule has 0 spiro atoms. The molecule has 26 heavy (non-hydrogen) atoms. The summed E-state index contributed by atoms with van der Waals surface area (Å²) in [6, 6.07) is 15.1. The fraction of sp³-hybridized carbons (Fsp3) is 0.200. The van der Waals surface area contributed by atoms with Crippen molar-refractivity contribution in [2.24, 2.45) is 0 Å². The Kier molecular flexibility index (Phi) is 4.31. The first kappa shape index (κ1) is 16.2. The molecule has 2 heterocycles. The highest BCUT2D eigenvalue weighted by Crippen LogP contribution is 2.30. The van der Waals surface area contributed by atoms with E-state index in [0.717, 1.165) is 23.7 Å². The van der Waals surface area contributed by atoms with Crippen LogP contribution >= 0.6 is 0 Å². The first-order valence-electron chi connectivity index (χ1n) is 8.58. The van der Waals surface area contributed by atoms with Gasteiger partial charge in [0.05, 0.1) is 12.2 Å². The van der Waals surface area contributed by atoms with Crippen molar-refractivity contribution in [3.05, 3.63) is 72.3 Å². The Balaban J connectivity index is 1.52. The van der Waals surface area contributed by atoms with E-state index in [-0.39, 0.29) is 6.03 Å². The molecule has 0 unspecified atom stereocenters. The van der Waals surface area contributed by atoms with Crippen molar-refractivity contribution in [3.63, 3.8) is 0 Å². The number of aryl methyl sites for hydroxylation is 1. The highest BCUT2D eigenvalue weighted by Gasteiger charge is 2.22. The van der Waals surface area contributed by atoms with Gasteiger partial charge >= 0.3 is 6.03 Å². The molecule has 0 saturated heterocycles. The van der Waals surface area contributed by atoms with Crippen LogP contribution in [0.15, 0.2) is 60.9 Å². The average molecular weight is 348 g/mol. The number of benzene rings is 2. The van der Waals surface area contributed by atoms with Gasteiger partial charge in [0.1, 0.15) is 11.6 Å². The van der Waals surface area contributed by atoms with Gasteiger partial charge in [-0.2, -0.15) is 0 Å². The van der Waals surface area contributed by atoms with Crippen LogP contribution in [0.3, 0.4) is 0 Å². The van der Waals surface area contributed by atoms with Gasteiger partial charge in [0, 0.05) is 25.5 Å². The molecular weight excluding hydrogens is 328 g/mol. The minimum absolute atomic E-state index is 0.150. The highest BCUT2D eigenvalue weighted by molar-refractivity contribution is 5.91. The average Bonchev–Trinajstić information content (AvgIpc) is 3.12. The van der Waals surface area contributed by atoms with E-state index in [0.29, 0.717) is 24.5 Å². The summed E-state index contributed by atoms with van der Waals surface area (Å²) >= 11 is 0. The van der Waals surface area contributed by atoms with E-state index in [9.17, 15) is 4.79 Å². The summed E-state index contributed by atoms with van der Waals surface area (Å²) in [7, 11) is 0. The monoisotopic (exact) mass is 348 g/mol. The normalized spacial score (nSPS) is 13.2. The molecule has 1 aliphatic heterocycles. The van der Waals surface area contributed by atoms with E-state index in [4.69, 9.17) is 4.74 Å². The lowest BCUT2D eigenvalue weighted by atomic mass is 10.2. The van der Waals surface area contributed by atoms with Crippen LogP contribution in [-0.2, 0) is 13.1 Å². The lowest BCUT2D eigenvalue weighted by Crippen LogP contribution is -2.40. The summed E-state index contributed by atoms with van der Waals surface area (Å²) in [4.78, 5) is 18.8. The summed E-state index contributed by atoms with van der Waals surface area (Å²) in [6.07, 6.45) is 3.71. The van der Waals surface area contributed by atoms with Crippen molar-refractivity contribution in [1.29, 1.82) is 0 Å². The molecule has 0 bridgehead atoms. The molecule has 6 nitrogen and oxygen atoms in total. The Bertz CT molecular complexity index is 921. The molecule has 1 aromatic heterocycles. The zero-order chi connectivity index (χ0) is 17.9. The third-order valence-electron chi connectivity index (χ3n) is 4.38. The second-order valence-electron chi connectivity index (χ2n) is 6.30. The van der Waals surface area contributed by atoms with Crippen LogP contribution in [-0.4, -0.2) is 27.0 Å². The van der Waals surface area contributed by atoms with Gasteiger partial charge in [-0.15, -0.1) is 0 Å². The number of amides is 2. The number of urea groups is 1. The number of carbonyl (C=O) groups excluding carboxylic acids is 1. The molecule has 0 fully saturated rings. The number of aromatic nitrogens is 2. The molecule has 0 saturated carbocycles. The number of hydrogen-bond acceptors (Lipinski definition) is 3.